The first-order valence-corrected chi connectivity index (χ1v) is 11.8. The average Bonchev–Trinajstić information content (AvgIpc) is 3.24. The summed E-state index contributed by atoms with van der Waals surface area (Å²) in [4.78, 5) is 30.5. The Morgan fingerprint density at radius 3 is 2.24 bits per heavy atom. The number of benzene rings is 2. The summed E-state index contributed by atoms with van der Waals surface area (Å²) in [6.45, 7) is 4.90. The van der Waals surface area contributed by atoms with Crippen molar-refractivity contribution in [1.29, 1.82) is 0 Å². The Balaban J connectivity index is 1.49. The van der Waals surface area contributed by atoms with Crippen molar-refractivity contribution in [3.8, 4) is 11.5 Å². The molecule has 2 fully saturated rings. The molecule has 2 atom stereocenters. The summed E-state index contributed by atoms with van der Waals surface area (Å²) in [5.41, 5.74) is 1.64. The number of methoxy groups -OCH3 is 2. The molecule has 1 N–H and O–H groups in total. The molecule has 2 unspecified atom stereocenters. The van der Waals surface area contributed by atoms with Gasteiger partial charge in [0.2, 0.25) is 11.8 Å². The van der Waals surface area contributed by atoms with E-state index in [0.717, 1.165) is 56.3 Å². The molecule has 2 aromatic carbocycles. The highest BCUT2D eigenvalue weighted by Crippen LogP contribution is 2.42. The van der Waals surface area contributed by atoms with Crippen LogP contribution in [0.5, 0.6) is 11.5 Å². The number of rotatable bonds is 9. The van der Waals surface area contributed by atoms with Crippen LogP contribution in [0.25, 0.3) is 0 Å². The van der Waals surface area contributed by atoms with E-state index >= 15 is 0 Å². The lowest BCUT2D eigenvalue weighted by Crippen LogP contribution is -2.39. The lowest BCUT2D eigenvalue weighted by atomic mass is 9.92. The monoisotopic (exact) mass is 467 g/mol. The molecule has 0 radical (unpaired) electrons. The number of carbonyl (C=O) groups is 2. The highest BCUT2D eigenvalue weighted by Gasteiger charge is 2.45. The van der Waals surface area contributed by atoms with Gasteiger partial charge in [-0.3, -0.25) is 14.5 Å². The maximum absolute atomic E-state index is 13.3. The van der Waals surface area contributed by atoms with Crippen LogP contribution in [0.1, 0.15) is 24.4 Å². The van der Waals surface area contributed by atoms with Gasteiger partial charge in [-0.05, 0) is 54.9 Å². The smallest absolute Gasteiger partial charge is 0.228 e. The van der Waals surface area contributed by atoms with Gasteiger partial charge >= 0.3 is 0 Å². The molecular weight excluding hydrogens is 434 g/mol. The quantitative estimate of drug-likeness (QED) is 0.571. The lowest BCUT2D eigenvalue weighted by molar-refractivity contribution is -0.126. The zero-order valence-corrected chi connectivity index (χ0v) is 19.9. The number of ether oxygens (including phenoxy) is 3. The SMILES string of the molecule is COc1ccc(C2C(C(=O)NCCCN3CCOCC3)CC(=O)N2c2ccc(OC)cc2)cc1. The van der Waals surface area contributed by atoms with Crippen LogP contribution in [0.15, 0.2) is 48.5 Å². The van der Waals surface area contributed by atoms with Crippen molar-refractivity contribution >= 4 is 17.5 Å². The van der Waals surface area contributed by atoms with Gasteiger partial charge in [0.25, 0.3) is 0 Å². The number of morpholine rings is 1. The van der Waals surface area contributed by atoms with Crippen LogP contribution in [-0.4, -0.2) is 70.3 Å². The van der Waals surface area contributed by atoms with E-state index in [0.29, 0.717) is 12.3 Å². The topological polar surface area (TPSA) is 80.3 Å². The molecular formula is C26H33N3O5. The van der Waals surface area contributed by atoms with Crippen molar-refractivity contribution in [3.63, 3.8) is 0 Å². The second-order valence-corrected chi connectivity index (χ2v) is 8.59. The Morgan fingerprint density at radius 1 is 1.00 bits per heavy atom. The molecule has 0 aromatic heterocycles. The van der Waals surface area contributed by atoms with Gasteiger partial charge in [-0.15, -0.1) is 0 Å². The van der Waals surface area contributed by atoms with E-state index in [1.165, 1.54) is 0 Å². The zero-order valence-electron chi connectivity index (χ0n) is 19.9. The van der Waals surface area contributed by atoms with Crippen LogP contribution in [0.4, 0.5) is 5.69 Å². The first-order chi connectivity index (χ1) is 16.6. The number of nitrogens with zero attached hydrogens (tertiary/aromatic N) is 2. The minimum atomic E-state index is -0.480. The molecule has 0 spiro atoms. The molecule has 2 saturated heterocycles. The molecule has 2 heterocycles. The number of carbonyl (C=O) groups excluding carboxylic acids is 2. The maximum atomic E-state index is 13.3. The van der Waals surface area contributed by atoms with Crippen LogP contribution < -0.4 is 19.7 Å². The third-order valence-corrected chi connectivity index (χ3v) is 6.52. The fourth-order valence-electron chi connectivity index (χ4n) is 4.67. The Kier molecular flexibility index (Phi) is 8.03. The predicted octanol–water partition coefficient (Wildman–Crippen LogP) is 2.64. The standard InChI is InChI=1S/C26H33N3O5/c1-32-21-8-4-19(5-9-21)25-23(26(31)27-12-3-13-28-14-16-34-17-15-28)18-24(30)29(25)20-6-10-22(33-2)11-7-20/h4-11,23,25H,3,12-18H2,1-2H3,(H,27,31). The summed E-state index contributed by atoms with van der Waals surface area (Å²) < 4.78 is 15.9. The maximum Gasteiger partial charge on any atom is 0.228 e. The molecule has 2 amide bonds. The second kappa shape index (κ2) is 11.4. The molecule has 2 aliphatic rings. The van der Waals surface area contributed by atoms with E-state index in [1.807, 2.05) is 48.5 Å². The number of hydrogen-bond acceptors (Lipinski definition) is 6. The minimum Gasteiger partial charge on any atom is -0.497 e. The van der Waals surface area contributed by atoms with E-state index in [-0.39, 0.29) is 18.2 Å². The van der Waals surface area contributed by atoms with Crippen molar-refractivity contribution < 1.29 is 23.8 Å². The van der Waals surface area contributed by atoms with Crippen molar-refractivity contribution in [3.05, 3.63) is 54.1 Å². The molecule has 0 aliphatic carbocycles. The summed E-state index contributed by atoms with van der Waals surface area (Å²) in [5, 5.41) is 3.08. The van der Waals surface area contributed by atoms with E-state index in [4.69, 9.17) is 14.2 Å². The lowest BCUT2D eigenvalue weighted by Gasteiger charge is -2.29. The summed E-state index contributed by atoms with van der Waals surface area (Å²) in [6, 6.07) is 14.6. The van der Waals surface area contributed by atoms with Crippen LogP contribution >= 0.6 is 0 Å². The minimum absolute atomic E-state index is 0.0700. The van der Waals surface area contributed by atoms with Crippen molar-refractivity contribution in [2.75, 3.05) is 58.5 Å². The molecule has 182 valence electrons. The first-order valence-electron chi connectivity index (χ1n) is 11.8. The van der Waals surface area contributed by atoms with Crippen molar-refractivity contribution in [1.82, 2.24) is 10.2 Å². The highest BCUT2D eigenvalue weighted by molar-refractivity contribution is 6.01. The van der Waals surface area contributed by atoms with E-state index in [9.17, 15) is 9.59 Å². The number of nitrogens with one attached hydrogen (secondary N) is 1. The molecule has 2 aromatic rings. The van der Waals surface area contributed by atoms with Gasteiger partial charge in [-0.1, -0.05) is 12.1 Å². The Bertz CT molecular complexity index is 957. The van der Waals surface area contributed by atoms with Gasteiger partial charge in [0, 0.05) is 31.7 Å². The van der Waals surface area contributed by atoms with Gasteiger partial charge in [0.05, 0.1) is 39.4 Å². The summed E-state index contributed by atoms with van der Waals surface area (Å²) in [6.07, 6.45) is 1.03. The summed E-state index contributed by atoms with van der Waals surface area (Å²) in [7, 11) is 3.22. The largest absolute Gasteiger partial charge is 0.497 e. The first kappa shape index (κ1) is 24.0. The van der Waals surface area contributed by atoms with Gasteiger partial charge in [0.1, 0.15) is 11.5 Å². The molecule has 8 heteroatoms. The van der Waals surface area contributed by atoms with Gasteiger partial charge in [-0.25, -0.2) is 0 Å². The van der Waals surface area contributed by atoms with Crippen LogP contribution in [0, 0.1) is 5.92 Å². The normalized spacial score (nSPS) is 20.9. The number of anilines is 1. The molecule has 8 nitrogen and oxygen atoms in total. The van der Waals surface area contributed by atoms with Crippen molar-refractivity contribution in [2.45, 2.75) is 18.9 Å². The van der Waals surface area contributed by atoms with Gasteiger partial charge < -0.3 is 24.4 Å². The van der Waals surface area contributed by atoms with Crippen LogP contribution in [0.3, 0.4) is 0 Å². The second-order valence-electron chi connectivity index (χ2n) is 8.59. The van der Waals surface area contributed by atoms with Crippen molar-refractivity contribution in [2.24, 2.45) is 5.92 Å². The molecule has 0 saturated carbocycles. The third kappa shape index (κ3) is 5.51. The average molecular weight is 468 g/mol. The molecule has 34 heavy (non-hydrogen) atoms. The zero-order chi connectivity index (χ0) is 23.9. The van der Waals surface area contributed by atoms with Gasteiger partial charge in [-0.2, -0.15) is 0 Å². The van der Waals surface area contributed by atoms with Crippen LogP contribution in [-0.2, 0) is 14.3 Å². The summed E-state index contributed by atoms with van der Waals surface area (Å²) >= 11 is 0. The number of hydrogen-bond donors (Lipinski definition) is 1. The third-order valence-electron chi connectivity index (χ3n) is 6.52. The Hall–Kier alpha value is -3.10. The molecule has 4 rings (SSSR count). The van der Waals surface area contributed by atoms with E-state index in [2.05, 4.69) is 10.2 Å². The Morgan fingerprint density at radius 2 is 1.62 bits per heavy atom. The summed E-state index contributed by atoms with van der Waals surface area (Å²) in [5.74, 6) is 0.803. The molecule has 2 aliphatic heterocycles. The van der Waals surface area contributed by atoms with E-state index in [1.54, 1.807) is 19.1 Å². The van der Waals surface area contributed by atoms with Crippen LogP contribution in [0.2, 0.25) is 0 Å². The Labute approximate surface area is 200 Å². The predicted molar refractivity (Wildman–Crippen MR) is 129 cm³/mol. The molecule has 0 bridgehead atoms. The van der Waals surface area contributed by atoms with E-state index < -0.39 is 12.0 Å². The fourth-order valence-corrected chi connectivity index (χ4v) is 4.67. The highest BCUT2D eigenvalue weighted by atomic mass is 16.5. The number of amides is 2. The fraction of sp³-hybridized carbons (Fsp3) is 0.462. The van der Waals surface area contributed by atoms with Gasteiger partial charge in [0.15, 0.2) is 0 Å².